The summed E-state index contributed by atoms with van der Waals surface area (Å²) in [6, 6.07) is 0. The van der Waals surface area contributed by atoms with Crippen LogP contribution in [0.15, 0.2) is 0 Å². The second-order valence-corrected chi connectivity index (χ2v) is 2.14. The van der Waals surface area contributed by atoms with Crippen LogP contribution in [-0.4, -0.2) is 21.8 Å². The number of nitrogens with zero attached hydrogens (tertiary/aromatic N) is 3. The Hall–Kier alpha value is -1.10. The molecule has 0 spiro atoms. The molecule has 0 atom stereocenters. The average molecular weight is 155 g/mol. The lowest BCUT2D eigenvalue weighted by Crippen LogP contribution is -2.09. The van der Waals surface area contributed by atoms with Crippen LogP contribution in [-0.2, 0) is 13.1 Å². The molecule has 0 aromatic carbocycles. The fourth-order valence-corrected chi connectivity index (χ4v) is 1.00. The van der Waals surface area contributed by atoms with Crippen LogP contribution >= 0.6 is 0 Å². The molecule has 0 fully saturated rings. The van der Waals surface area contributed by atoms with Gasteiger partial charge in [0, 0.05) is 13.6 Å². The molecule has 0 aliphatic rings. The van der Waals surface area contributed by atoms with Gasteiger partial charge in [-0.1, -0.05) is 0 Å². The number of hydrogen-bond acceptors (Lipinski definition) is 4. The first kappa shape index (κ1) is 8.00. The van der Waals surface area contributed by atoms with Gasteiger partial charge in [-0.3, -0.25) is 4.57 Å². The number of nitrogens with two attached hydrogens (primary N) is 1. The zero-order valence-electron chi connectivity index (χ0n) is 6.83. The third-order valence-corrected chi connectivity index (χ3v) is 1.55. The Bertz CT molecular complexity index is 207. The summed E-state index contributed by atoms with van der Waals surface area (Å²) < 4.78 is 1.94. The van der Waals surface area contributed by atoms with Crippen LogP contribution in [0, 0.1) is 0 Å². The van der Waals surface area contributed by atoms with Gasteiger partial charge in [0.05, 0.1) is 6.54 Å². The van der Waals surface area contributed by atoms with E-state index in [1.165, 1.54) is 0 Å². The number of rotatable bonds is 3. The van der Waals surface area contributed by atoms with Crippen molar-refractivity contribution in [2.24, 2.45) is 5.73 Å². The predicted octanol–water partition coefficient (Wildman–Crippen LogP) is -0.202. The van der Waals surface area contributed by atoms with E-state index in [1.807, 2.05) is 18.5 Å². The molecule has 0 radical (unpaired) electrons. The minimum atomic E-state index is 0.433. The first-order valence-corrected chi connectivity index (χ1v) is 3.63. The Morgan fingerprint density at radius 3 is 2.73 bits per heavy atom. The third-order valence-electron chi connectivity index (χ3n) is 1.55. The van der Waals surface area contributed by atoms with Crippen molar-refractivity contribution in [2.75, 3.05) is 12.4 Å². The zero-order valence-corrected chi connectivity index (χ0v) is 6.83. The molecule has 1 heterocycles. The lowest BCUT2D eigenvalue weighted by atomic mass is 10.5. The quantitative estimate of drug-likeness (QED) is 0.634. The standard InChI is InChI=1S/C6H13N5/c1-3-11-5(4-7)9-10-6(11)8-2/h3-4,7H2,1-2H3,(H,8,10). The fraction of sp³-hybridized carbons (Fsp3) is 0.667. The molecule has 3 N–H and O–H groups in total. The van der Waals surface area contributed by atoms with Gasteiger partial charge in [-0.05, 0) is 6.92 Å². The summed E-state index contributed by atoms with van der Waals surface area (Å²) >= 11 is 0. The van der Waals surface area contributed by atoms with E-state index in [0.29, 0.717) is 6.54 Å². The third kappa shape index (κ3) is 1.32. The maximum Gasteiger partial charge on any atom is 0.224 e. The van der Waals surface area contributed by atoms with Crippen LogP contribution < -0.4 is 11.1 Å². The van der Waals surface area contributed by atoms with Gasteiger partial charge in [-0.2, -0.15) is 0 Å². The van der Waals surface area contributed by atoms with Crippen molar-refractivity contribution in [2.45, 2.75) is 20.0 Å². The Morgan fingerprint density at radius 2 is 2.27 bits per heavy atom. The van der Waals surface area contributed by atoms with E-state index in [1.54, 1.807) is 0 Å². The van der Waals surface area contributed by atoms with Crippen molar-refractivity contribution >= 4 is 5.95 Å². The van der Waals surface area contributed by atoms with Crippen LogP contribution in [0.3, 0.4) is 0 Å². The van der Waals surface area contributed by atoms with E-state index >= 15 is 0 Å². The van der Waals surface area contributed by atoms with Gasteiger partial charge in [0.2, 0.25) is 5.95 Å². The number of nitrogens with one attached hydrogen (secondary N) is 1. The molecule has 62 valence electrons. The highest BCUT2D eigenvalue weighted by Crippen LogP contribution is 2.04. The van der Waals surface area contributed by atoms with E-state index in [2.05, 4.69) is 15.5 Å². The molecule has 0 aliphatic heterocycles. The highest BCUT2D eigenvalue weighted by Gasteiger charge is 2.05. The molecule has 0 unspecified atom stereocenters. The molecular weight excluding hydrogens is 142 g/mol. The SMILES string of the molecule is CCn1c(CN)nnc1NC. The smallest absolute Gasteiger partial charge is 0.224 e. The topological polar surface area (TPSA) is 68.8 Å². The summed E-state index contributed by atoms with van der Waals surface area (Å²) in [7, 11) is 1.82. The number of aromatic nitrogens is 3. The number of anilines is 1. The van der Waals surface area contributed by atoms with Gasteiger partial charge in [-0.15, -0.1) is 10.2 Å². The largest absolute Gasteiger partial charge is 0.357 e. The Balaban J connectivity index is 2.99. The lowest BCUT2D eigenvalue weighted by Gasteiger charge is -2.03. The Kier molecular flexibility index (Phi) is 2.43. The summed E-state index contributed by atoms with van der Waals surface area (Å²) in [5, 5.41) is 10.7. The van der Waals surface area contributed by atoms with E-state index in [0.717, 1.165) is 18.3 Å². The maximum absolute atomic E-state index is 5.44. The van der Waals surface area contributed by atoms with E-state index in [9.17, 15) is 0 Å². The summed E-state index contributed by atoms with van der Waals surface area (Å²) in [5.41, 5.74) is 5.44. The van der Waals surface area contributed by atoms with Gasteiger partial charge < -0.3 is 11.1 Å². The molecule has 0 amide bonds. The molecule has 0 bridgehead atoms. The monoisotopic (exact) mass is 155 g/mol. The zero-order chi connectivity index (χ0) is 8.27. The summed E-state index contributed by atoms with van der Waals surface area (Å²) in [4.78, 5) is 0. The first-order chi connectivity index (χ1) is 5.33. The van der Waals surface area contributed by atoms with Crippen molar-refractivity contribution in [3.8, 4) is 0 Å². The Morgan fingerprint density at radius 1 is 1.55 bits per heavy atom. The average Bonchev–Trinajstić information content (AvgIpc) is 2.45. The van der Waals surface area contributed by atoms with Crippen molar-refractivity contribution < 1.29 is 0 Å². The van der Waals surface area contributed by atoms with Crippen LogP contribution in [0.1, 0.15) is 12.7 Å². The lowest BCUT2D eigenvalue weighted by molar-refractivity contribution is 0.704. The maximum atomic E-state index is 5.44. The second kappa shape index (κ2) is 3.34. The van der Waals surface area contributed by atoms with Crippen LogP contribution in [0.2, 0.25) is 0 Å². The van der Waals surface area contributed by atoms with Crippen LogP contribution in [0.5, 0.6) is 0 Å². The highest BCUT2D eigenvalue weighted by atomic mass is 15.3. The second-order valence-electron chi connectivity index (χ2n) is 2.14. The van der Waals surface area contributed by atoms with Crippen LogP contribution in [0.25, 0.3) is 0 Å². The molecule has 0 aliphatic carbocycles. The fourth-order valence-electron chi connectivity index (χ4n) is 1.00. The van der Waals surface area contributed by atoms with Gasteiger partial charge in [0.1, 0.15) is 5.82 Å². The van der Waals surface area contributed by atoms with Crippen LogP contribution in [0.4, 0.5) is 5.95 Å². The Labute approximate surface area is 65.6 Å². The molecule has 5 heteroatoms. The molecule has 1 rings (SSSR count). The molecule has 1 aromatic rings. The summed E-state index contributed by atoms with van der Waals surface area (Å²) in [6.45, 7) is 3.31. The minimum absolute atomic E-state index is 0.433. The van der Waals surface area contributed by atoms with Gasteiger partial charge >= 0.3 is 0 Å². The van der Waals surface area contributed by atoms with Gasteiger partial charge in [0.15, 0.2) is 0 Å². The predicted molar refractivity (Wildman–Crippen MR) is 43.1 cm³/mol. The van der Waals surface area contributed by atoms with Crippen molar-refractivity contribution in [3.05, 3.63) is 5.82 Å². The summed E-state index contributed by atoms with van der Waals surface area (Å²) in [5.74, 6) is 1.59. The van der Waals surface area contributed by atoms with E-state index in [4.69, 9.17) is 5.73 Å². The summed E-state index contributed by atoms with van der Waals surface area (Å²) in [6.07, 6.45) is 0. The van der Waals surface area contributed by atoms with Crippen molar-refractivity contribution in [1.82, 2.24) is 14.8 Å². The molecular formula is C6H13N5. The normalized spacial score (nSPS) is 10.1. The van der Waals surface area contributed by atoms with Gasteiger partial charge in [-0.25, -0.2) is 0 Å². The molecule has 0 saturated heterocycles. The van der Waals surface area contributed by atoms with Crippen molar-refractivity contribution in [1.29, 1.82) is 0 Å². The first-order valence-electron chi connectivity index (χ1n) is 3.63. The molecule has 11 heavy (non-hydrogen) atoms. The minimum Gasteiger partial charge on any atom is -0.357 e. The van der Waals surface area contributed by atoms with Gasteiger partial charge in [0.25, 0.3) is 0 Å². The number of hydrogen-bond donors (Lipinski definition) is 2. The van der Waals surface area contributed by atoms with E-state index < -0.39 is 0 Å². The highest BCUT2D eigenvalue weighted by molar-refractivity contribution is 5.24. The molecule has 1 aromatic heterocycles. The van der Waals surface area contributed by atoms with Crippen molar-refractivity contribution in [3.63, 3.8) is 0 Å². The van der Waals surface area contributed by atoms with E-state index in [-0.39, 0.29) is 0 Å². The molecule has 0 saturated carbocycles. The molecule has 5 nitrogen and oxygen atoms in total.